The molecule has 0 aromatic carbocycles. The lowest BCUT2D eigenvalue weighted by atomic mass is 9.40. The van der Waals surface area contributed by atoms with Crippen LogP contribution in [-0.2, 0) is 14.3 Å². The standard InChI is InChI=1S/C31H46O6/c1-17(2)9-8-10-20(28(35)36)26-24(37-19(4)32)16-31(7)27(26)23(34)15-25-29(5)13-12-22(33)18(3)21(29)11-14-30(25,31)6/h9,15,18,21-24,27,33-34H,8,10-14,16H2,1-7H3,(H,35,36)/b26-20-/t18-,21-,22+,23?,24-,27-,29-,30-,31-/m0/s1. The van der Waals surface area contributed by atoms with Gasteiger partial charge in [0.15, 0.2) is 0 Å². The minimum absolute atomic E-state index is 0.136. The number of carbonyl (C=O) groups is 2. The molecule has 6 nitrogen and oxygen atoms in total. The van der Waals surface area contributed by atoms with E-state index in [0.29, 0.717) is 30.8 Å². The van der Waals surface area contributed by atoms with Gasteiger partial charge in [0, 0.05) is 18.4 Å². The van der Waals surface area contributed by atoms with E-state index in [2.05, 4.69) is 27.7 Å². The van der Waals surface area contributed by atoms with Gasteiger partial charge in [0.2, 0.25) is 0 Å². The summed E-state index contributed by atoms with van der Waals surface area (Å²) in [6.45, 7) is 14.3. The average Bonchev–Trinajstić information content (AvgIpc) is 3.08. The van der Waals surface area contributed by atoms with Crippen molar-refractivity contribution in [3.8, 4) is 0 Å². The van der Waals surface area contributed by atoms with Crippen molar-refractivity contribution in [3.63, 3.8) is 0 Å². The Labute approximate surface area is 221 Å². The minimum atomic E-state index is -1.00. The van der Waals surface area contributed by atoms with E-state index in [1.165, 1.54) is 12.5 Å². The Morgan fingerprint density at radius 1 is 1.11 bits per heavy atom. The molecule has 206 valence electrons. The summed E-state index contributed by atoms with van der Waals surface area (Å²) < 4.78 is 5.83. The molecule has 0 aromatic heterocycles. The average molecular weight is 515 g/mol. The Morgan fingerprint density at radius 3 is 2.38 bits per heavy atom. The molecule has 3 saturated carbocycles. The summed E-state index contributed by atoms with van der Waals surface area (Å²) in [6, 6.07) is 0. The molecule has 0 heterocycles. The summed E-state index contributed by atoms with van der Waals surface area (Å²) in [5, 5.41) is 32.7. The van der Waals surface area contributed by atoms with Crippen LogP contribution in [0.5, 0.6) is 0 Å². The largest absolute Gasteiger partial charge is 0.478 e. The number of carboxylic acids is 1. The predicted octanol–water partition coefficient (Wildman–Crippen LogP) is 5.59. The zero-order valence-corrected chi connectivity index (χ0v) is 23.6. The third kappa shape index (κ3) is 4.32. The Balaban J connectivity index is 1.87. The van der Waals surface area contributed by atoms with Gasteiger partial charge in [-0.2, -0.15) is 0 Å². The van der Waals surface area contributed by atoms with Crippen LogP contribution >= 0.6 is 0 Å². The summed E-state index contributed by atoms with van der Waals surface area (Å²) in [4.78, 5) is 24.8. The Morgan fingerprint density at radius 2 is 1.78 bits per heavy atom. The lowest BCUT2D eigenvalue weighted by Gasteiger charge is -2.64. The second-order valence-electron chi connectivity index (χ2n) is 13.2. The van der Waals surface area contributed by atoms with Crippen LogP contribution in [0.25, 0.3) is 0 Å². The molecule has 3 fully saturated rings. The van der Waals surface area contributed by atoms with E-state index < -0.39 is 35.5 Å². The fourth-order valence-electron chi connectivity index (χ4n) is 8.97. The van der Waals surface area contributed by atoms with Crippen LogP contribution in [0.15, 0.2) is 34.4 Å². The van der Waals surface area contributed by atoms with Gasteiger partial charge in [-0.1, -0.05) is 51.0 Å². The zero-order chi connectivity index (χ0) is 27.5. The molecule has 0 spiro atoms. The fourth-order valence-corrected chi connectivity index (χ4v) is 8.97. The second kappa shape index (κ2) is 9.68. The van der Waals surface area contributed by atoms with Crippen molar-refractivity contribution in [1.29, 1.82) is 0 Å². The molecule has 4 rings (SSSR count). The maximum atomic E-state index is 12.6. The highest BCUT2D eigenvalue weighted by Crippen LogP contribution is 2.72. The number of aliphatic carboxylic acids is 1. The summed E-state index contributed by atoms with van der Waals surface area (Å²) in [5.41, 5.74) is 2.35. The number of allylic oxidation sites excluding steroid dienone is 3. The first-order valence-corrected chi connectivity index (χ1v) is 14.0. The van der Waals surface area contributed by atoms with E-state index in [9.17, 15) is 24.9 Å². The summed E-state index contributed by atoms with van der Waals surface area (Å²) >= 11 is 0. The quantitative estimate of drug-likeness (QED) is 0.251. The number of ether oxygens (including phenoxy) is 1. The van der Waals surface area contributed by atoms with Crippen molar-refractivity contribution >= 4 is 11.9 Å². The molecular weight excluding hydrogens is 468 g/mol. The smallest absolute Gasteiger partial charge is 0.331 e. The molecule has 9 atom stereocenters. The van der Waals surface area contributed by atoms with Gasteiger partial charge >= 0.3 is 11.9 Å². The third-order valence-corrected chi connectivity index (χ3v) is 11.0. The highest BCUT2D eigenvalue weighted by molar-refractivity contribution is 5.88. The van der Waals surface area contributed by atoms with E-state index in [1.807, 2.05) is 26.0 Å². The fraction of sp³-hybridized carbons (Fsp3) is 0.742. The number of fused-ring (bicyclic) bond motifs is 5. The van der Waals surface area contributed by atoms with Crippen LogP contribution < -0.4 is 0 Å². The summed E-state index contributed by atoms with van der Waals surface area (Å²) in [7, 11) is 0. The molecule has 0 aliphatic heterocycles. The molecule has 0 aromatic rings. The number of esters is 1. The minimum Gasteiger partial charge on any atom is -0.478 e. The molecule has 0 saturated heterocycles. The number of aliphatic hydroxyl groups is 2. The number of rotatable bonds is 5. The van der Waals surface area contributed by atoms with Crippen molar-refractivity contribution in [2.75, 3.05) is 0 Å². The van der Waals surface area contributed by atoms with Crippen LogP contribution in [0.3, 0.4) is 0 Å². The van der Waals surface area contributed by atoms with E-state index in [4.69, 9.17) is 4.74 Å². The number of carboxylic acid groups (broad SMARTS) is 1. The van der Waals surface area contributed by atoms with Gasteiger partial charge in [-0.15, -0.1) is 0 Å². The molecule has 37 heavy (non-hydrogen) atoms. The normalized spacial score (nSPS) is 44.1. The number of hydrogen-bond acceptors (Lipinski definition) is 5. The maximum Gasteiger partial charge on any atom is 0.331 e. The van der Waals surface area contributed by atoms with Crippen LogP contribution in [0.1, 0.15) is 93.4 Å². The lowest BCUT2D eigenvalue weighted by Crippen LogP contribution is -2.58. The first-order chi connectivity index (χ1) is 17.2. The van der Waals surface area contributed by atoms with Crippen LogP contribution in [0, 0.1) is 34.0 Å². The molecule has 1 unspecified atom stereocenters. The SMILES string of the molecule is CC(=O)O[C@H]1C[C@@]2(C)[C@H](/C1=C(/CCC=C(C)C)C(=O)O)C(O)C=C1[C@]2(C)CC[C@H]2[C@H](C)[C@H](O)CC[C@]12C. The second-order valence-corrected chi connectivity index (χ2v) is 13.2. The van der Waals surface area contributed by atoms with Crippen molar-refractivity contribution in [1.82, 2.24) is 0 Å². The lowest BCUT2D eigenvalue weighted by molar-refractivity contribution is -0.146. The van der Waals surface area contributed by atoms with Gasteiger partial charge in [0.1, 0.15) is 6.10 Å². The number of carbonyl (C=O) groups excluding carboxylic acids is 1. The zero-order valence-electron chi connectivity index (χ0n) is 23.6. The molecule has 0 amide bonds. The molecular formula is C31H46O6. The van der Waals surface area contributed by atoms with E-state index >= 15 is 0 Å². The van der Waals surface area contributed by atoms with Crippen LogP contribution in [-0.4, -0.2) is 45.6 Å². The predicted molar refractivity (Wildman–Crippen MR) is 143 cm³/mol. The maximum absolute atomic E-state index is 12.6. The van der Waals surface area contributed by atoms with Gasteiger partial charge in [-0.3, -0.25) is 4.79 Å². The Bertz CT molecular complexity index is 1050. The first-order valence-electron chi connectivity index (χ1n) is 14.0. The van der Waals surface area contributed by atoms with E-state index in [1.54, 1.807) is 0 Å². The topological polar surface area (TPSA) is 104 Å². The van der Waals surface area contributed by atoms with Crippen molar-refractivity contribution in [2.45, 2.75) is 112 Å². The van der Waals surface area contributed by atoms with Gasteiger partial charge in [-0.05, 0) is 92.4 Å². The van der Waals surface area contributed by atoms with Gasteiger partial charge in [-0.25, -0.2) is 4.79 Å². The molecule has 6 heteroatoms. The van der Waals surface area contributed by atoms with Crippen LogP contribution in [0.4, 0.5) is 0 Å². The Kier molecular flexibility index (Phi) is 7.35. The third-order valence-electron chi connectivity index (χ3n) is 11.0. The highest BCUT2D eigenvalue weighted by atomic mass is 16.5. The number of aliphatic hydroxyl groups excluding tert-OH is 2. The molecule has 0 radical (unpaired) electrons. The highest BCUT2D eigenvalue weighted by Gasteiger charge is 2.68. The molecule has 0 bridgehead atoms. The van der Waals surface area contributed by atoms with Gasteiger partial charge in [0.05, 0.1) is 12.2 Å². The van der Waals surface area contributed by atoms with Gasteiger partial charge < -0.3 is 20.1 Å². The molecule has 4 aliphatic carbocycles. The molecule has 3 N–H and O–H groups in total. The van der Waals surface area contributed by atoms with Crippen molar-refractivity contribution < 1.29 is 29.6 Å². The summed E-state index contributed by atoms with van der Waals surface area (Å²) in [6.07, 6.45) is 7.12. The van der Waals surface area contributed by atoms with E-state index in [-0.39, 0.29) is 28.4 Å². The van der Waals surface area contributed by atoms with Gasteiger partial charge in [0.25, 0.3) is 0 Å². The Hall–Kier alpha value is -1.92. The van der Waals surface area contributed by atoms with Crippen molar-refractivity contribution in [3.05, 3.63) is 34.4 Å². The number of hydrogen-bond donors (Lipinski definition) is 3. The first kappa shape index (κ1) is 28.1. The van der Waals surface area contributed by atoms with Crippen LogP contribution in [0.2, 0.25) is 0 Å². The molecule has 4 aliphatic rings. The monoisotopic (exact) mass is 514 g/mol. The van der Waals surface area contributed by atoms with Crippen molar-refractivity contribution in [2.24, 2.45) is 34.0 Å². The summed E-state index contributed by atoms with van der Waals surface area (Å²) in [5.74, 6) is -1.35. The van der Waals surface area contributed by atoms with E-state index in [0.717, 1.165) is 31.3 Å².